The predicted molar refractivity (Wildman–Crippen MR) is 113 cm³/mol. The van der Waals surface area contributed by atoms with Crippen LogP contribution in [-0.2, 0) is 16.1 Å². The summed E-state index contributed by atoms with van der Waals surface area (Å²) in [4.78, 5) is 23.2. The molecule has 1 aliphatic carbocycles. The van der Waals surface area contributed by atoms with Crippen molar-refractivity contribution in [3.05, 3.63) is 23.9 Å². The monoisotopic (exact) mass is 402 g/mol. The van der Waals surface area contributed by atoms with Gasteiger partial charge in [0.05, 0.1) is 19.6 Å². The third kappa shape index (κ3) is 6.34. The molecule has 2 heterocycles. The second kappa shape index (κ2) is 11.0. The van der Waals surface area contributed by atoms with Gasteiger partial charge in [-0.2, -0.15) is 0 Å². The number of aromatic nitrogens is 1. The van der Waals surface area contributed by atoms with Crippen molar-refractivity contribution >= 4 is 11.9 Å². The predicted octanol–water partition coefficient (Wildman–Crippen LogP) is 3.14. The zero-order valence-corrected chi connectivity index (χ0v) is 17.7. The average molecular weight is 403 g/mol. The Kier molecular flexibility index (Phi) is 8.14. The molecule has 1 aliphatic heterocycles. The number of nitrogens with one attached hydrogen (secondary N) is 1. The van der Waals surface area contributed by atoms with E-state index in [1.807, 2.05) is 12.1 Å². The lowest BCUT2D eigenvalue weighted by atomic mass is 9.97. The van der Waals surface area contributed by atoms with Gasteiger partial charge in [0.25, 0.3) is 0 Å². The Hall–Kier alpha value is -2.31. The number of hydrogen-bond donors (Lipinski definition) is 1. The fourth-order valence-corrected chi connectivity index (χ4v) is 4.05. The molecule has 1 aromatic rings. The zero-order valence-electron chi connectivity index (χ0n) is 17.7. The first-order valence-electron chi connectivity index (χ1n) is 10.9. The van der Waals surface area contributed by atoms with E-state index in [1.54, 1.807) is 6.20 Å². The van der Waals surface area contributed by atoms with E-state index in [0.717, 1.165) is 56.8 Å². The number of methoxy groups -OCH3 is 1. The molecular weight excluding hydrogens is 368 g/mol. The van der Waals surface area contributed by atoms with Gasteiger partial charge in [-0.3, -0.25) is 4.79 Å². The molecule has 0 unspecified atom stereocenters. The van der Waals surface area contributed by atoms with Crippen LogP contribution in [0.2, 0.25) is 0 Å². The minimum absolute atomic E-state index is 0.00109. The summed E-state index contributed by atoms with van der Waals surface area (Å²) in [6.45, 7) is 5.06. The molecule has 0 radical (unpaired) electrons. The van der Waals surface area contributed by atoms with Gasteiger partial charge in [0, 0.05) is 31.9 Å². The minimum Gasteiger partial charge on any atom is -0.474 e. The molecule has 0 amide bonds. The van der Waals surface area contributed by atoms with Crippen molar-refractivity contribution in [2.45, 2.75) is 64.5 Å². The van der Waals surface area contributed by atoms with Crippen LogP contribution in [0.5, 0.6) is 5.88 Å². The highest BCUT2D eigenvalue weighted by atomic mass is 16.5. The van der Waals surface area contributed by atoms with E-state index in [4.69, 9.17) is 14.5 Å². The van der Waals surface area contributed by atoms with E-state index in [0.29, 0.717) is 18.5 Å². The Bertz CT molecular complexity index is 680. The highest BCUT2D eigenvalue weighted by Gasteiger charge is 2.27. The second-order valence-electron chi connectivity index (χ2n) is 7.83. The Balaban J connectivity index is 1.58. The van der Waals surface area contributed by atoms with Crippen molar-refractivity contribution in [1.29, 1.82) is 0 Å². The number of piperidine rings is 1. The second-order valence-corrected chi connectivity index (χ2v) is 7.83. The number of nitrogens with zero attached hydrogens (tertiary/aromatic N) is 3. The summed E-state index contributed by atoms with van der Waals surface area (Å²) in [5.41, 5.74) is 1.09. The van der Waals surface area contributed by atoms with Crippen LogP contribution < -0.4 is 10.1 Å². The minimum atomic E-state index is -0.103. The number of carbonyl (C=O) groups is 1. The topological polar surface area (TPSA) is 76.1 Å². The van der Waals surface area contributed by atoms with Crippen molar-refractivity contribution in [2.24, 2.45) is 10.9 Å². The summed E-state index contributed by atoms with van der Waals surface area (Å²) >= 11 is 0. The molecule has 3 rings (SSSR count). The molecule has 2 aliphatic rings. The molecule has 0 spiro atoms. The normalized spacial score (nSPS) is 19.1. The maximum Gasteiger partial charge on any atom is 0.308 e. The van der Waals surface area contributed by atoms with E-state index in [9.17, 15) is 4.79 Å². The van der Waals surface area contributed by atoms with Gasteiger partial charge in [0.2, 0.25) is 5.88 Å². The first-order valence-corrected chi connectivity index (χ1v) is 10.9. The number of likely N-dealkylation sites (tertiary alicyclic amines) is 1. The lowest BCUT2D eigenvalue weighted by molar-refractivity contribution is -0.146. The number of guanidine groups is 1. The van der Waals surface area contributed by atoms with E-state index >= 15 is 0 Å². The summed E-state index contributed by atoms with van der Waals surface area (Å²) in [5.74, 6) is 1.49. The molecule has 7 heteroatoms. The number of carbonyl (C=O) groups excluding carboxylic acids is 1. The summed E-state index contributed by atoms with van der Waals surface area (Å²) in [5, 5.41) is 3.37. The van der Waals surface area contributed by atoms with Crippen molar-refractivity contribution in [3.8, 4) is 5.88 Å². The third-order valence-electron chi connectivity index (χ3n) is 5.71. The molecular formula is C22H34N4O3. The SMILES string of the molecule is CCNC(=NCc1ccnc(OC2CCCCC2)c1)N1CCC(C(=O)OC)CC1. The van der Waals surface area contributed by atoms with Gasteiger partial charge in [0.1, 0.15) is 6.10 Å². The van der Waals surface area contributed by atoms with Crippen LogP contribution in [0, 0.1) is 5.92 Å². The fraction of sp³-hybridized carbons (Fsp3) is 0.682. The van der Waals surface area contributed by atoms with Crippen molar-refractivity contribution in [1.82, 2.24) is 15.2 Å². The maximum atomic E-state index is 11.8. The Morgan fingerprint density at radius 2 is 2.00 bits per heavy atom. The van der Waals surface area contributed by atoms with Gasteiger partial charge in [0.15, 0.2) is 5.96 Å². The molecule has 0 bridgehead atoms. The van der Waals surface area contributed by atoms with Gasteiger partial charge in [-0.25, -0.2) is 9.98 Å². The Morgan fingerprint density at radius 3 is 2.69 bits per heavy atom. The molecule has 7 nitrogen and oxygen atoms in total. The van der Waals surface area contributed by atoms with Crippen LogP contribution in [0.3, 0.4) is 0 Å². The van der Waals surface area contributed by atoms with Crippen LogP contribution >= 0.6 is 0 Å². The van der Waals surface area contributed by atoms with E-state index < -0.39 is 0 Å². The summed E-state index contributed by atoms with van der Waals surface area (Å²) < 4.78 is 11.0. The molecule has 1 saturated heterocycles. The van der Waals surface area contributed by atoms with Gasteiger partial charge in [-0.15, -0.1) is 0 Å². The summed E-state index contributed by atoms with van der Waals surface area (Å²) in [7, 11) is 1.46. The van der Waals surface area contributed by atoms with Gasteiger partial charge < -0.3 is 19.7 Å². The van der Waals surface area contributed by atoms with E-state index in [2.05, 4.69) is 22.1 Å². The zero-order chi connectivity index (χ0) is 20.5. The van der Waals surface area contributed by atoms with Crippen LogP contribution in [0.25, 0.3) is 0 Å². The highest BCUT2D eigenvalue weighted by Crippen LogP contribution is 2.23. The number of rotatable bonds is 6. The van der Waals surface area contributed by atoms with E-state index in [1.165, 1.54) is 26.4 Å². The molecule has 0 aromatic carbocycles. The standard InChI is InChI=1S/C22H34N4O3/c1-3-23-22(26-13-10-18(11-14-26)21(27)28-2)25-16-17-9-12-24-20(15-17)29-19-7-5-4-6-8-19/h9,12,15,18-19H,3-8,10-11,13-14,16H2,1-2H3,(H,23,25). The summed E-state index contributed by atoms with van der Waals surface area (Å²) in [6.07, 6.45) is 9.73. The largest absolute Gasteiger partial charge is 0.474 e. The van der Waals surface area contributed by atoms with Crippen LogP contribution in [-0.4, -0.2) is 54.7 Å². The number of hydrogen-bond acceptors (Lipinski definition) is 5. The molecule has 1 saturated carbocycles. The van der Waals surface area contributed by atoms with Crippen molar-refractivity contribution in [3.63, 3.8) is 0 Å². The number of ether oxygens (including phenoxy) is 2. The quantitative estimate of drug-likeness (QED) is 0.448. The van der Waals surface area contributed by atoms with Gasteiger partial charge in [-0.1, -0.05) is 6.42 Å². The Labute approximate surface area is 173 Å². The van der Waals surface area contributed by atoms with Gasteiger partial charge >= 0.3 is 5.97 Å². The van der Waals surface area contributed by atoms with Gasteiger partial charge in [-0.05, 0) is 57.1 Å². The lowest BCUT2D eigenvalue weighted by Crippen LogP contribution is -2.46. The first kappa shape index (κ1) is 21.4. The molecule has 1 aromatic heterocycles. The molecule has 29 heavy (non-hydrogen) atoms. The summed E-state index contributed by atoms with van der Waals surface area (Å²) in [6, 6.07) is 4.00. The smallest absolute Gasteiger partial charge is 0.308 e. The molecule has 0 atom stereocenters. The molecule has 1 N–H and O–H groups in total. The van der Waals surface area contributed by atoms with E-state index in [-0.39, 0.29) is 11.9 Å². The fourth-order valence-electron chi connectivity index (χ4n) is 4.05. The average Bonchev–Trinajstić information content (AvgIpc) is 2.77. The van der Waals surface area contributed by atoms with Crippen LogP contribution in [0.4, 0.5) is 0 Å². The van der Waals surface area contributed by atoms with Crippen molar-refractivity contribution in [2.75, 3.05) is 26.7 Å². The van der Waals surface area contributed by atoms with Crippen molar-refractivity contribution < 1.29 is 14.3 Å². The molecule has 160 valence electrons. The highest BCUT2D eigenvalue weighted by molar-refractivity contribution is 5.80. The number of esters is 1. The third-order valence-corrected chi connectivity index (χ3v) is 5.71. The Morgan fingerprint density at radius 1 is 1.24 bits per heavy atom. The maximum absolute atomic E-state index is 11.8. The van der Waals surface area contributed by atoms with Crippen LogP contribution in [0.15, 0.2) is 23.3 Å². The number of pyridine rings is 1. The number of aliphatic imine (C=N–C) groups is 1. The first-order chi connectivity index (χ1) is 14.2. The van der Waals surface area contributed by atoms with Crippen LogP contribution in [0.1, 0.15) is 57.4 Å². The lowest BCUT2D eigenvalue weighted by Gasteiger charge is -2.33. The molecule has 2 fully saturated rings.